The molecule has 0 radical (unpaired) electrons. The number of nitro benzene ring substituents is 1. The van der Waals surface area contributed by atoms with Crippen molar-refractivity contribution in [3.63, 3.8) is 0 Å². The second-order valence-corrected chi connectivity index (χ2v) is 27.2. The Kier molecular flexibility index (Phi) is 29.3. The molecular formula is C95H86N8O12. The van der Waals surface area contributed by atoms with Crippen LogP contribution in [0.2, 0.25) is 0 Å². The van der Waals surface area contributed by atoms with Gasteiger partial charge in [-0.25, -0.2) is 14.4 Å². The smallest absolute Gasteiger partial charge is 0.316 e. The van der Waals surface area contributed by atoms with Crippen molar-refractivity contribution in [3.05, 3.63) is 346 Å². The van der Waals surface area contributed by atoms with Crippen LogP contribution in [-0.2, 0) is 14.5 Å². The normalized spacial score (nSPS) is 11.4. The summed E-state index contributed by atoms with van der Waals surface area (Å²) >= 11 is 0. The number of nitro groups is 1. The van der Waals surface area contributed by atoms with E-state index in [4.69, 9.17) is 19.8 Å². The second kappa shape index (κ2) is 41.2. The number of unbranched alkanes of at least 4 members (excludes halogenated alkanes) is 9. The summed E-state index contributed by atoms with van der Waals surface area (Å²) in [6.07, 6.45) is 17.9. The highest BCUT2D eigenvalue weighted by Gasteiger charge is 2.27. The molecule has 0 atom stereocenters. The third kappa shape index (κ3) is 21.3. The van der Waals surface area contributed by atoms with Gasteiger partial charge in [0.25, 0.3) is 5.69 Å². The van der Waals surface area contributed by atoms with Gasteiger partial charge in [0.2, 0.25) is 17.3 Å². The Balaban J connectivity index is 0.000000170. The predicted molar refractivity (Wildman–Crippen MR) is 448 cm³/mol. The minimum Gasteiger partial charge on any atom is -0.316 e. The Labute approximate surface area is 666 Å². The van der Waals surface area contributed by atoms with Crippen molar-refractivity contribution in [2.24, 2.45) is 15.5 Å². The summed E-state index contributed by atoms with van der Waals surface area (Å²) < 4.78 is 5.68. The third-order valence-electron chi connectivity index (χ3n) is 19.3. The van der Waals surface area contributed by atoms with Crippen LogP contribution in [0.5, 0.6) is 0 Å². The highest BCUT2D eigenvalue weighted by molar-refractivity contribution is 6.49. The molecule has 20 nitrogen and oxygen atoms in total. The number of para-hydroxylation sites is 3. The summed E-state index contributed by atoms with van der Waals surface area (Å²) in [4.78, 5) is 118. The predicted octanol–water partition coefficient (Wildman–Crippen LogP) is 22.0. The van der Waals surface area contributed by atoms with E-state index in [0.29, 0.717) is 80.4 Å². The number of nitrogens with zero attached hydrogens (tertiary/aromatic N) is 8. The molecule has 0 unspecified atom stereocenters. The molecule has 0 aliphatic heterocycles. The molecule has 13 aromatic rings. The molecule has 0 aliphatic carbocycles. The lowest BCUT2D eigenvalue weighted by Gasteiger charge is -2.07. The highest BCUT2D eigenvalue weighted by atomic mass is 16.7. The molecule has 20 heteroatoms. The summed E-state index contributed by atoms with van der Waals surface area (Å²) in [6, 6.07) is 80.3. The number of ketones is 4. The van der Waals surface area contributed by atoms with Crippen molar-refractivity contribution in [1.29, 1.82) is 5.26 Å². The van der Waals surface area contributed by atoms with Gasteiger partial charge in [-0.2, -0.15) is 5.26 Å². The van der Waals surface area contributed by atoms with Crippen molar-refractivity contribution in [3.8, 4) is 23.1 Å². The molecule has 0 fully saturated rings. The quantitative estimate of drug-likeness (QED) is 0.00926. The molecule has 115 heavy (non-hydrogen) atoms. The number of benzene rings is 10. The fourth-order valence-electron chi connectivity index (χ4n) is 13.1. The molecule has 10 aromatic carbocycles. The summed E-state index contributed by atoms with van der Waals surface area (Å²) in [5.74, 6) is -2.77. The maximum absolute atomic E-state index is 13.9. The molecule has 0 spiro atoms. The van der Waals surface area contributed by atoms with Gasteiger partial charge >= 0.3 is 17.9 Å². The lowest BCUT2D eigenvalue weighted by Crippen LogP contribution is -2.16. The number of nitriles is 1. The van der Waals surface area contributed by atoms with Crippen LogP contribution in [0, 0.1) is 21.4 Å². The number of hydrogen-bond donors (Lipinski definition) is 0. The molecular weight excluding hydrogens is 1450 g/mol. The van der Waals surface area contributed by atoms with Gasteiger partial charge in [-0.1, -0.05) is 234 Å². The van der Waals surface area contributed by atoms with E-state index in [9.17, 15) is 43.7 Å². The lowest BCUT2D eigenvalue weighted by molar-refractivity contribution is -0.384. The van der Waals surface area contributed by atoms with Crippen LogP contribution in [0.4, 0.5) is 5.69 Å². The minimum atomic E-state index is -0.632. The minimum absolute atomic E-state index is 0.0155. The first-order valence-corrected chi connectivity index (χ1v) is 38.6. The summed E-state index contributed by atoms with van der Waals surface area (Å²) in [5, 5.41) is 34.6. The summed E-state index contributed by atoms with van der Waals surface area (Å²) in [5.41, 5.74) is 9.62. The van der Waals surface area contributed by atoms with Crippen LogP contribution in [0.15, 0.2) is 301 Å². The van der Waals surface area contributed by atoms with Gasteiger partial charge in [0.05, 0.1) is 49.8 Å². The fraction of sp³-hybridized carbons (Fsp3) is 0.189. The van der Waals surface area contributed by atoms with Crippen molar-refractivity contribution in [1.82, 2.24) is 13.7 Å². The Bertz CT molecular complexity index is 5700. The number of carbonyl (C=O) groups excluding carboxylic acids is 7. The number of fused-ring (bicyclic) bond motifs is 3. The van der Waals surface area contributed by atoms with Crippen LogP contribution in [-0.4, -0.2) is 76.8 Å². The number of aromatic nitrogens is 3. The molecule has 13 rings (SSSR count). The van der Waals surface area contributed by atoms with Gasteiger partial charge in [0.15, 0.2) is 5.78 Å². The van der Waals surface area contributed by atoms with E-state index >= 15 is 0 Å². The van der Waals surface area contributed by atoms with Gasteiger partial charge in [-0.15, -0.1) is 0 Å². The van der Waals surface area contributed by atoms with Crippen LogP contribution in [0.3, 0.4) is 0 Å². The second-order valence-electron chi connectivity index (χ2n) is 27.2. The summed E-state index contributed by atoms with van der Waals surface area (Å²) in [6.45, 7) is 6.36. The summed E-state index contributed by atoms with van der Waals surface area (Å²) in [7, 11) is 0. The van der Waals surface area contributed by atoms with E-state index in [0.717, 1.165) is 116 Å². The Hall–Kier alpha value is -14.2. The highest BCUT2D eigenvalue weighted by Crippen LogP contribution is 2.32. The molecule has 0 bridgehead atoms. The van der Waals surface area contributed by atoms with Crippen LogP contribution in [0.1, 0.15) is 201 Å². The van der Waals surface area contributed by atoms with E-state index < -0.39 is 22.8 Å². The first-order chi connectivity index (χ1) is 56.2. The monoisotopic (exact) mass is 1530 g/mol. The Morgan fingerprint density at radius 1 is 0.348 bits per heavy atom. The number of carbonyl (C=O) groups is 7. The molecule has 0 N–H and O–H groups in total. The zero-order valence-corrected chi connectivity index (χ0v) is 64.2. The first-order valence-electron chi connectivity index (χ1n) is 38.6. The van der Waals surface area contributed by atoms with Crippen molar-refractivity contribution >= 4 is 96.6 Å². The van der Waals surface area contributed by atoms with Crippen molar-refractivity contribution in [2.75, 3.05) is 0 Å². The Morgan fingerprint density at radius 2 is 0.626 bits per heavy atom. The van der Waals surface area contributed by atoms with E-state index in [1.165, 1.54) is 12.1 Å². The average molecular weight is 1530 g/mol. The van der Waals surface area contributed by atoms with Gasteiger partial charge in [-0.05, 0) is 154 Å². The van der Waals surface area contributed by atoms with E-state index in [2.05, 4.69) is 42.3 Å². The topological polar surface area (TPSA) is 266 Å². The number of rotatable bonds is 33. The fourth-order valence-corrected chi connectivity index (χ4v) is 13.1. The zero-order valence-electron chi connectivity index (χ0n) is 64.2. The molecule has 0 aliphatic rings. The van der Waals surface area contributed by atoms with Gasteiger partial charge in [0, 0.05) is 91.8 Å². The van der Waals surface area contributed by atoms with Crippen LogP contribution >= 0.6 is 0 Å². The van der Waals surface area contributed by atoms with Crippen LogP contribution < -0.4 is 0 Å². The zero-order chi connectivity index (χ0) is 80.8. The molecule has 3 heterocycles. The lowest BCUT2D eigenvalue weighted by atomic mass is 10.0. The van der Waals surface area contributed by atoms with Gasteiger partial charge in [0.1, 0.15) is 17.1 Å². The van der Waals surface area contributed by atoms with Crippen molar-refractivity contribution < 1.29 is 53.0 Å². The SMILES string of the molecule is CCCCCC/C(=N\OC(=O)c1ccccc1)C(=O)c1cn(-c2ccc(C#N)cc2)c2ccccc12.CCCCCC/C(=N\OC(=O)c1ccccc1)C(=O)c1cn(-c2ccc(C(=O)c3ccccc3)cc2)c2ccccc12.CCCCCC/C(=N\OC(=O)c1ccccc1)C(=O)c1cn(-c2ccc([N+](=O)[O-])cc2)c2ccccc12. The standard InChI is InChI=1S/C36H32N2O4.C30H27N3O3.C29H27N3O5/c1-2-3-4-11-19-32(37-42-36(41)28-16-9-6-10-17-28)35(40)31-25-38(33-20-13-12-18-30(31)33)29-23-21-27(22-24-29)34(39)26-14-7-5-8-15-26;1-2-3-4-8-14-27(32-36-30(35)23-11-6-5-7-12-23)29(34)26-21-33(28-15-10-9-13-25(26)28)24-18-16-22(20-31)17-19-24;1-2-3-4-8-14-26(30-37-29(34)21-11-6-5-7-12-21)28(33)25-20-31(27-15-10-9-13-24(25)27)22-16-18-23(19-17-22)32(35)36/h5-10,12-18,20-25H,2-4,11,19H2,1H3;5-7,9-13,15-19,21H,2-4,8,14H2,1H3;5-7,9-13,15-20H,2-4,8,14H2,1H3/b37-32+;32-27+;30-26+. The maximum Gasteiger partial charge on any atom is 0.365 e. The Morgan fingerprint density at radius 3 is 0.930 bits per heavy atom. The molecule has 578 valence electrons. The molecule has 0 saturated carbocycles. The van der Waals surface area contributed by atoms with E-state index in [1.807, 2.05) is 141 Å². The van der Waals surface area contributed by atoms with Crippen LogP contribution in [0.25, 0.3) is 49.8 Å². The van der Waals surface area contributed by atoms with Crippen molar-refractivity contribution in [2.45, 2.75) is 117 Å². The maximum atomic E-state index is 13.9. The number of hydrogen-bond acceptors (Lipinski definition) is 16. The van der Waals surface area contributed by atoms with E-state index in [-0.39, 0.29) is 46.0 Å². The van der Waals surface area contributed by atoms with Gasteiger partial charge < -0.3 is 28.2 Å². The molecule has 3 aromatic heterocycles. The van der Waals surface area contributed by atoms with E-state index in [1.54, 1.807) is 146 Å². The average Bonchev–Trinajstić information content (AvgIpc) is 1.64. The van der Waals surface area contributed by atoms with Gasteiger partial charge in [-0.3, -0.25) is 29.3 Å². The first kappa shape index (κ1) is 81.8. The third-order valence-corrected chi connectivity index (χ3v) is 19.3. The number of oxime groups is 3. The molecule has 0 saturated heterocycles. The largest absolute Gasteiger partial charge is 0.365 e. The number of non-ortho nitro benzene ring substituents is 1. The number of Topliss-reactive ketones (excluding diaryl/α,β-unsaturated/α-hetero) is 3. The molecule has 0 amide bonds.